The first-order valence-electron chi connectivity index (χ1n) is 4.39. The Balaban J connectivity index is 2.74. The van der Waals surface area contributed by atoms with E-state index in [1.54, 1.807) is 12.1 Å². The molecule has 0 unspecified atom stereocenters. The summed E-state index contributed by atoms with van der Waals surface area (Å²) in [6, 6.07) is 5.90. The molecule has 0 saturated heterocycles. The van der Waals surface area contributed by atoms with Crippen LogP contribution in [0.15, 0.2) is 33.6 Å². The lowest BCUT2D eigenvalue weighted by Crippen LogP contribution is -2.22. The topological polar surface area (TPSA) is 83.8 Å². The van der Waals surface area contributed by atoms with Crippen LogP contribution in [0.25, 0.3) is 0 Å². The molecule has 90 valence electrons. The molecule has 0 aliphatic carbocycles. The Labute approximate surface area is 102 Å². The molecule has 0 aromatic heterocycles. The summed E-state index contributed by atoms with van der Waals surface area (Å²) in [7, 11) is -3.87. The van der Waals surface area contributed by atoms with Gasteiger partial charge in [-0.15, -0.1) is 0 Å². The summed E-state index contributed by atoms with van der Waals surface area (Å²) in [5.41, 5.74) is 0. The Bertz CT molecular complexity index is 428. The number of hydrogen-bond donors (Lipinski definition) is 2. The highest BCUT2D eigenvalue weighted by atomic mass is 79.9. The van der Waals surface area contributed by atoms with Crippen molar-refractivity contribution < 1.29 is 22.8 Å². The van der Waals surface area contributed by atoms with Gasteiger partial charge >= 0.3 is 0 Å². The van der Waals surface area contributed by atoms with Gasteiger partial charge in [0.05, 0.1) is 18.1 Å². The fraction of sp³-hybridized carbons (Fsp3) is 0.333. The number of hydrogen-bond acceptors (Lipinski definition) is 5. The van der Waals surface area contributed by atoms with E-state index in [0.29, 0.717) is 0 Å². The van der Waals surface area contributed by atoms with E-state index in [1.165, 1.54) is 12.1 Å². The van der Waals surface area contributed by atoms with Crippen molar-refractivity contribution in [2.75, 3.05) is 13.2 Å². The number of aliphatic hydroxyl groups is 2. The van der Waals surface area contributed by atoms with E-state index in [-0.39, 0.29) is 4.90 Å². The Hall–Kier alpha value is -0.470. The summed E-state index contributed by atoms with van der Waals surface area (Å²) in [5.74, 6) is 0. The highest BCUT2D eigenvalue weighted by Crippen LogP contribution is 2.16. The van der Waals surface area contributed by atoms with Gasteiger partial charge < -0.3 is 10.2 Å². The molecule has 0 fully saturated rings. The van der Waals surface area contributed by atoms with Crippen molar-refractivity contribution in [3.05, 3.63) is 28.7 Å². The zero-order valence-electron chi connectivity index (χ0n) is 8.21. The average molecular weight is 311 g/mol. The van der Waals surface area contributed by atoms with Crippen molar-refractivity contribution in [3.8, 4) is 0 Å². The molecule has 5 nitrogen and oxygen atoms in total. The van der Waals surface area contributed by atoms with Crippen LogP contribution in [-0.4, -0.2) is 37.9 Å². The summed E-state index contributed by atoms with van der Waals surface area (Å²) in [6.45, 7) is -1.01. The minimum Gasteiger partial charge on any atom is -0.394 e. The summed E-state index contributed by atoms with van der Waals surface area (Å²) in [4.78, 5) is 0.000778. The molecular formula is C9H11BrO5S. The van der Waals surface area contributed by atoms with Gasteiger partial charge in [-0.25, -0.2) is 0 Å². The maximum atomic E-state index is 11.5. The van der Waals surface area contributed by atoms with Gasteiger partial charge in [-0.05, 0) is 24.3 Å². The van der Waals surface area contributed by atoms with Crippen molar-refractivity contribution in [3.63, 3.8) is 0 Å². The van der Waals surface area contributed by atoms with Gasteiger partial charge in [0.15, 0.2) is 0 Å². The third kappa shape index (κ3) is 3.84. The van der Waals surface area contributed by atoms with Crippen molar-refractivity contribution in [2.45, 2.75) is 11.0 Å². The molecule has 1 aromatic carbocycles. The largest absolute Gasteiger partial charge is 0.394 e. The monoisotopic (exact) mass is 310 g/mol. The zero-order chi connectivity index (χ0) is 12.2. The van der Waals surface area contributed by atoms with Crippen LogP contribution in [-0.2, 0) is 14.3 Å². The van der Waals surface area contributed by atoms with Crippen LogP contribution in [0.1, 0.15) is 0 Å². The minimum absolute atomic E-state index is 0.000778. The van der Waals surface area contributed by atoms with Crippen molar-refractivity contribution >= 4 is 26.0 Å². The molecule has 16 heavy (non-hydrogen) atoms. The lowest BCUT2D eigenvalue weighted by Gasteiger charge is -2.08. The van der Waals surface area contributed by atoms with E-state index in [4.69, 9.17) is 10.2 Å². The van der Waals surface area contributed by atoms with Gasteiger partial charge in [0.25, 0.3) is 10.1 Å². The Morgan fingerprint density at radius 2 is 1.88 bits per heavy atom. The van der Waals surface area contributed by atoms with E-state index < -0.39 is 29.4 Å². The van der Waals surface area contributed by atoms with E-state index in [2.05, 4.69) is 20.1 Å². The number of halogens is 1. The average Bonchev–Trinajstić information content (AvgIpc) is 2.26. The van der Waals surface area contributed by atoms with Gasteiger partial charge in [0.1, 0.15) is 6.10 Å². The fourth-order valence-corrected chi connectivity index (χ4v) is 2.10. The first kappa shape index (κ1) is 13.6. The Morgan fingerprint density at radius 3 is 2.38 bits per heavy atom. The third-order valence-corrected chi connectivity index (χ3v) is 3.55. The molecule has 1 aromatic rings. The maximum Gasteiger partial charge on any atom is 0.297 e. The third-order valence-electron chi connectivity index (χ3n) is 1.73. The molecule has 1 atom stereocenters. The molecule has 0 saturated carbocycles. The van der Waals surface area contributed by atoms with E-state index in [9.17, 15) is 8.42 Å². The molecule has 0 aliphatic heterocycles. The molecular weight excluding hydrogens is 300 g/mol. The first-order chi connectivity index (χ1) is 7.45. The predicted octanol–water partition coefficient (Wildman–Crippen LogP) is 0.508. The van der Waals surface area contributed by atoms with Crippen LogP contribution in [0.2, 0.25) is 0 Å². The smallest absolute Gasteiger partial charge is 0.297 e. The van der Waals surface area contributed by atoms with E-state index in [0.717, 1.165) is 4.47 Å². The van der Waals surface area contributed by atoms with Crippen LogP contribution in [0.5, 0.6) is 0 Å². The van der Waals surface area contributed by atoms with E-state index in [1.807, 2.05) is 0 Å². The Morgan fingerprint density at radius 1 is 1.31 bits per heavy atom. The molecule has 1 rings (SSSR count). The fourth-order valence-electron chi connectivity index (χ4n) is 0.890. The second kappa shape index (κ2) is 5.74. The number of benzene rings is 1. The maximum absolute atomic E-state index is 11.5. The van der Waals surface area contributed by atoms with Crippen LogP contribution in [0.4, 0.5) is 0 Å². The summed E-state index contributed by atoms with van der Waals surface area (Å²) >= 11 is 3.18. The van der Waals surface area contributed by atoms with Gasteiger partial charge in [-0.3, -0.25) is 4.18 Å². The van der Waals surface area contributed by atoms with Gasteiger partial charge in [0.2, 0.25) is 0 Å². The summed E-state index contributed by atoms with van der Waals surface area (Å²) < 4.78 is 28.4. The van der Waals surface area contributed by atoms with Crippen molar-refractivity contribution in [1.29, 1.82) is 0 Å². The molecule has 0 bridgehead atoms. The number of rotatable bonds is 5. The van der Waals surface area contributed by atoms with Crippen LogP contribution in [0.3, 0.4) is 0 Å². The van der Waals surface area contributed by atoms with Crippen molar-refractivity contribution in [1.82, 2.24) is 0 Å². The molecule has 0 radical (unpaired) electrons. The van der Waals surface area contributed by atoms with Crippen LogP contribution >= 0.6 is 15.9 Å². The lowest BCUT2D eigenvalue weighted by molar-refractivity contribution is 0.0557. The zero-order valence-corrected chi connectivity index (χ0v) is 10.6. The quantitative estimate of drug-likeness (QED) is 0.774. The molecule has 7 heteroatoms. The minimum atomic E-state index is -3.87. The molecule has 0 amide bonds. The predicted molar refractivity (Wildman–Crippen MR) is 60.4 cm³/mol. The van der Waals surface area contributed by atoms with Gasteiger partial charge in [-0.2, -0.15) is 8.42 Å². The number of aliphatic hydroxyl groups excluding tert-OH is 2. The molecule has 2 N–H and O–H groups in total. The van der Waals surface area contributed by atoms with Gasteiger partial charge in [-0.1, -0.05) is 15.9 Å². The molecule has 0 spiro atoms. The second-order valence-electron chi connectivity index (χ2n) is 3.03. The normalized spacial score (nSPS) is 13.7. The van der Waals surface area contributed by atoms with Crippen LogP contribution in [0, 0.1) is 0 Å². The SMILES string of the molecule is O=S(=O)(OC[C@H](O)CO)c1ccc(Br)cc1. The second-order valence-corrected chi connectivity index (χ2v) is 5.56. The molecule has 0 heterocycles. The summed E-state index contributed by atoms with van der Waals surface area (Å²) in [5, 5.41) is 17.5. The van der Waals surface area contributed by atoms with Gasteiger partial charge in [0, 0.05) is 4.47 Å². The van der Waals surface area contributed by atoms with E-state index >= 15 is 0 Å². The highest BCUT2D eigenvalue weighted by molar-refractivity contribution is 9.10. The van der Waals surface area contributed by atoms with Crippen LogP contribution < -0.4 is 0 Å². The highest BCUT2D eigenvalue weighted by Gasteiger charge is 2.16. The lowest BCUT2D eigenvalue weighted by atomic mass is 10.4. The first-order valence-corrected chi connectivity index (χ1v) is 6.60. The van der Waals surface area contributed by atoms with Crippen molar-refractivity contribution in [2.24, 2.45) is 0 Å². The molecule has 0 aliphatic rings. The standard InChI is InChI=1S/C9H11BrO5S/c10-7-1-3-9(4-2-7)16(13,14)15-6-8(12)5-11/h1-4,8,11-12H,5-6H2/t8-/m1/s1. The summed E-state index contributed by atoms with van der Waals surface area (Å²) in [6.07, 6.45) is -1.20. The Kier molecular flexibility index (Phi) is 4.88.